The van der Waals surface area contributed by atoms with Crippen molar-refractivity contribution in [1.82, 2.24) is 9.21 Å². The minimum atomic E-state index is -4.16. The highest BCUT2D eigenvalue weighted by molar-refractivity contribution is 7.84. The van der Waals surface area contributed by atoms with E-state index in [4.69, 9.17) is 4.55 Å². The Labute approximate surface area is 128 Å². The highest BCUT2D eigenvalue weighted by Crippen LogP contribution is 2.38. The number of nitrogens with zero attached hydrogens (tertiary/aromatic N) is 3. The molecule has 1 aliphatic rings. The fourth-order valence-electron chi connectivity index (χ4n) is 1.50. The number of aliphatic imine (C=N–C) groups is 1. The summed E-state index contributed by atoms with van der Waals surface area (Å²) in [5.41, 5.74) is 0.586. The minimum absolute atomic E-state index is 0.000880. The normalized spacial score (nSPS) is 16.0. The molecule has 1 N–H and O–H groups in total. The highest BCUT2D eigenvalue weighted by atomic mass is 32.2. The largest absolute Gasteiger partial charge is 0.360 e. The Hall–Kier alpha value is -0.933. The van der Waals surface area contributed by atoms with Gasteiger partial charge in [-0.1, -0.05) is 33.9 Å². The Morgan fingerprint density at radius 2 is 1.76 bits per heavy atom. The van der Waals surface area contributed by atoms with Gasteiger partial charge in [0.1, 0.15) is 8.07 Å². The van der Waals surface area contributed by atoms with Crippen LogP contribution in [0.1, 0.15) is 20.8 Å². The molecule has 0 aliphatic carbocycles. The third-order valence-electron chi connectivity index (χ3n) is 3.72. The zero-order chi connectivity index (χ0) is 17.1. The highest BCUT2D eigenvalue weighted by Gasteiger charge is 2.46. The van der Waals surface area contributed by atoms with Gasteiger partial charge in [0, 0.05) is 14.1 Å². The van der Waals surface area contributed by atoms with E-state index in [1.807, 2.05) is 0 Å². The van der Waals surface area contributed by atoms with Crippen molar-refractivity contribution in [3.63, 3.8) is 0 Å². The van der Waals surface area contributed by atoms with E-state index < -0.39 is 18.4 Å². The van der Waals surface area contributed by atoms with E-state index in [0.717, 1.165) is 10.7 Å². The van der Waals surface area contributed by atoms with Gasteiger partial charge in [0.2, 0.25) is 6.41 Å². The van der Waals surface area contributed by atoms with Gasteiger partial charge in [0.05, 0.1) is 18.5 Å². The minimum Gasteiger partial charge on any atom is -0.351 e. The van der Waals surface area contributed by atoms with Crippen molar-refractivity contribution >= 4 is 30.2 Å². The van der Waals surface area contributed by atoms with Crippen molar-refractivity contribution in [3.8, 4) is 0 Å². The lowest BCUT2D eigenvalue weighted by molar-refractivity contribution is -0.115. The monoisotopic (exact) mass is 337 g/mol. The van der Waals surface area contributed by atoms with E-state index in [1.54, 1.807) is 14.1 Å². The van der Waals surface area contributed by atoms with Crippen molar-refractivity contribution in [2.24, 2.45) is 4.99 Å². The predicted octanol–water partition coefficient (Wildman–Crippen LogP) is 1.26. The second-order valence-electron chi connectivity index (χ2n) is 6.70. The van der Waals surface area contributed by atoms with E-state index >= 15 is 0 Å². The SMILES string of the molecule is CC(C)(C)[Si](C)(C)C1=NCCN1S(=O)(=O)O.CN(C)C=O. The van der Waals surface area contributed by atoms with Gasteiger partial charge in [-0.15, -0.1) is 0 Å². The van der Waals surface area contributed by atoms with Gasteiger partial charge in [-0.25, -0.2) is 4.31 Å². The van der Waals surface area contributed by atoms with Crippen LogP contribution in [0, 0.1) is 0 Å². The number of hydrogen-bond donors (Lipinski definition) is 1. The number of amidine groups is 1. The Morgan fingerprint density at radius 1 is 1.33 bits per heavy atom. The molecule has 0 saturated heterocycles. The van der Waals surface area contributed by atoms with Crippen molar-refractivity contribution in [1.29, 1.82) is 0 Å². The second-order valence-corrected chi connectivity index (χ2v) is 13.2. The third-order valence-corrected chi connectivity index (χ3v) is 10.1. The molecule has 0 fully saturated rings. The molecule has 124 valence electrons. The molecule has 1 heterocycles. The summed E-state index contributed by atoms with van der Waals surface area (Å²) in [5, 5.41) is -0.000880. The molecule has 0 aromatic rings. The van der Waals surface area contributed by atoms with Crippen LogP contribution >= 0.6 is 0 Å². The van der Waals surface area contributed by atoms with Crippen LogP contribution < -0.4 is 0 Å². The fourth-order valence-corrected chi connectivity index (χ4v) is 5.03. The van der Waals surface area contributed by atoms with Crippen molar-refractivity contribution in [2.45, 2.75) is 38.9 Å². The summed E-state index contributed by atoms with van der Waals surface area (Å²) in [7, 11) is -2.79. The van der Waals surface area contributed by atoms with Crippen LogP contribution in [-0.2, 0) is 15.1 Å². The van der Waals surface area contributed by atoms with Crippen LogP contribution in [0.25, 0.3) is 0 Å². The zero-order valence-corrected chi connectivity index (χ0v) is 15.7. The van der Waals surface area contributed by atoms with Crippen LogP contribution in [0.15, 0.2) is 4.99 Å². The number of carbonyl (C=O) groups is 1. The molecule has 1 rings (SSSR count). The van der Waals surface area contributed by atoms with Gasteiger partial charge < -0.3 is 4.90 Å². The van der Waals surface area contributed by atoms with Crippen LogP contribution in [0.4, 0.5) is 0 Å². The molecule has 0 spiro atoms. The molecule has 9 heteroatoms. The van der Waals surface area contributed by atoms with Gasteiger partial charge in [0.15, 0.2) is 0 Å². The molecule has 0 unspecified atom stereocenters. The van der Waals surface area contributed by atoms with E-state index in [-0.39, 0.29) is 11.6 Å². The molecule has 21 heavy (non-hydrogen) atoms. The summed E-state index contributed by atoms with van der Waals surface area (Å²) >= 11 is 0. The average molecular weight is 338 g/mol. The first-order valence-corrected chi connectivity index (χ1v) is 11.1. The van der Waals surface area contributed by atoms with E-state index in [0.29, 0.717) is 12.0 Å². The summed E-state index contributed by atoms with van der Waals surface area (Å²) in [5.74, 6) is 0. The summed E-state index contributed by atoms with van der Waals surface area (Å²) < 4.78 is 32.7. The lowest BCUT2D eigenvalue weighted by atomic mass is 10.2. The van der Waals surface area contributed by atoms with Crippen LogP contribution in [0.2, 0.25) is 18.1 Å². The lowest BCUT2D eigenvalue weighted by Crippen LogP contribution is -2.54. The van der Waals surface area contributed by atoms with Gasteiger partial charge in [-0.3, -0.25) is 14.3 Å². The third kappa shape index (κ3) is 5.40. The Morgan fingerprint density at radius 3 is 2.05 bits per heavy atom. The molecule has 0 bridgehead atoms. The molecule has 0 aromatic carbocycles. The van der Waals surface area contributed by atoms with Crippen molar-refractivity contribution < 1.29 is 17.8 Å². The molecule has 0 atom stereocenters. The van der Waals surface area contributed by atoms with Crippen LogP contribution in [0.5, 0.6) is 0 Å². The van der Waals surface area contributed by atoms with Gasteiger partial charge in [-0.05, 0) is 5.04 Å². The molecule has 1 amide bonds. The van der Waals surface area contributed by atoms with Gasteiger partial charge >= 0.3 is 10.3 Å². The van der Waals surface area contributed by atoms with Gasteiger partial charge in [-0.2, -0.15) is 8.42 Å². The van der Waals surface area contributed by atoms with Crippen molar-refractivity contribution in [3.05, 3.63) is 0 Å². The summed E-state index contributed by atoms with van der Waals surface area (Å²) in [6.07, 6.45) is 0.750. The number of amides is 1. The zero-order valence-electron chi connectivity index (χ0n) is 13.9. The predicted molar refractivity (Wildman–Crippen MR) is 87.5 cm³/mol. The Balaban J connectivity index is 0.000000690. The molecule has 7 nitrogen and oxygen atoms in total. The summed E-state index contributed by atoms with van der Waals surface area (Å²) in [4.78, 5) is 15.2. The second kappa shape index (κ2) is 6.88. The van der Waals surface area contributed by atoms with E-state index in [2.05, 4.69) is 38.9 Å². The standard InChI is InChI=1S/C9H20N2O3SSi.C3H7NO/c1-9(2,3)16(4,5)8-10-6-7-11(8)15(12,13)14;1-4(2)3-5/h6-7H2,1-5H3,(H,12,13,14);3H,1-2H3. The molecular formula is C12H27N3O4SSi. The van der Waals surface area contributed by atoms with Gasteiger partial charge in [0.25, 0.3) is 0 Å². The van der Waals surface area contributed by atoms with E-state index in [9.17, 15) is 13.2 Å². The molecule has 0 radical (unpaired) electrons. The summed E-state index contributed by atoms with van der Waals surface area (Å²) in [6, 6.07) is 0. The first kappa shape index (κ1) is 20.1. The van der Waals surface area contributed by atoms with E-state index in [1.165, 1.54) is 4.90 Å². The quantitative estimate of drug-likeness (QED) is 0.477. The van der Waals surface area contributed by atoms with Crippen molar-refractivity contribution in [2.75, 3.05) is 27.2 Å². The Bertz CT molecular complexity index is 495. The molecular weight excluding hydrogens is 310 g/mol. The number of carbonyl (C=O) groups excluding carboxylic acids is 1. The molecule has 0 aromatic heterocycles. The van der Waals surface area contributed by atoms with Crippen LogP contribution in [0.3, 0.4) is 0 Å². The maximum atomic E-state index is 11.2. The smallest absolute Gasteiger partial charge is 0.351 e. The Kier molecular flexibility index (Phi) is 6.58. The first-order chi connectivity index (χ1) is 9.25. The number of rotatable bonds is 3. The average Bonchev–Trinajstić information content (AvgIpc) is 2.77. The summed E-state index contributed by atoms with van der Waals surface area (Å²) in [6.45, 7) is 11.1. The maximum Gasteiger partial charge on any atom is 0.360 e. The molecule has 0 saturated carbocycles. The lowest BCUT2D eigenvalue weighted by Gasteiger charge is -2.38. The molecule has 1 aliphatic heterocycles. The van der Waals surface area contributed by atoms with Crippen LogP contribution in [-0.4, -0.2) is 69.3 Å². The maximum absolute atomic E-state index is 11.2. The fraction of sp³-hybridized carbons (Fsp3) is 0.833. The topological polar surface area (TPSA) is 90.3 Å². The first-order valence-electron chi connectivity index (χ1n) is 6.67. The number of hydrogen-bond acceptors (Lipinski definition) is 4.